The Morgan fingerprint density at radius 3 is 1.52 bits per heavy atom. The van der Waals surface area contributed by atoms with Gasteiger partial charge in [0.15, 0.2) is 0 Å². The minimum Gasteiger partial charge on any atom is -1.00 e. The van der Waals surface area contributed by atoms with E-state index in [1.165, 1.54) is 83.5 Å². The number of ether oxygens (including phenoxy) is 1. The molecule has 0 atom stereocenters. The molecule has 14 rings (SSSR count). The van der Waals surface area contributed by atoms with E-state index in [4.69, 9.17) is 14.8 Å². The van der Waals surface area contributed by atoms with Crippen LogP contribution in [0.4, 0.5) is 0 Å². The number of para-hydroxylation sites is 1. The van der Waals surface area contributed by atoms with Crippen molar-refractivity contribution in [2.24, 2.45) is 0 Å². The third-order valence-corrected chi connectivity index (χ3v) is 15.8. The van der Waals surface area contributed by atoms with Gasteiger partial charge in [0.1, 0.15) is 34.3 Å². The Morgan fingerprint density at radius 1 is 0.511 bits per heavy atom. The van der Waals surface area contributed by atoms with Gasteiger partial charge in [-0.25, -0.2) is 9.97 Å². The van der Waals surface area contributed by atoms with Crippen LogP contribution in [-0.2, 0) is 34.5 Å². The molecular formula is C75H71Br2K2N3O6. The number of nitrogens with zero attached hydrogens (tertiary/aromatic N) is 3. The zero-order chi connectivity index (χ0) is 60.1. The number of fused-ring (bicyclic) bond motifs is 9. The maximum atomic E-state index is 9.79. The molecule has 438 valence electrons. The number of alkyl halides is 1. The molecule has 0 amide bonds. The summed E-state index contributed by atoms with van der Waals surface area (Å²) < 4.78 is 8.87. The summed E-state index contributed by atoms with van der Waals surface area (Å²) in [6.07, 6.45) is 5.47. The summed E-state index contributed by atoms with van der Waals surface area (Å²) in [4.78, 5) is 19.6. The van der Waals surface area contributed by atoms with Crippen molar-refractivity contribution in [2.45, 2.75) is 66.8 Å². The van der Waals surface area contributed by atoms with E-state index < -0.39 is 0 Å². The normalized spacial score (nSPS) is 10.4. The molecule has 12 aromatic rings. The molecule has 0 saturated carbocycles. The predicted molar refractivity (Wildman–Crippen MR) is 358 cm³/mol. The number of aryl methyl sites for hydroxylation is 2. The van der Waals surface area contributed by atoms with Crippen molar-refractivity contribution < 1.29 is 134 Å². The molecule has 0 spiro atoms. The van der Waals surface area contributed by atoms with Crippen LogP contribution in [0.15, 0.2) is 248 Å². The molecule has 3 heterocycles. The van der Waals surface area contributed by atoms with Crippen molar-refractivity contribution in [3.63, 3.8) is 0 Å². The number of hydrogen-bond donors (Lipinski definition) is 2. The Bertz CT molecular complexity index is 4100. The van der Waals surface area contributed by atoms with Crippen LogP contribution in [0, 0.1) is 34.6 Å². The van der Waals surface area contributed by atoms with Crippen LogP contribution < -0.4 is 113 Å². The standard InChI is InChI=1S/C20H16O.C17H12N2O.C13H10O.C11H16.C7H7Br.C5H4BrN.CH2O3.CH4.2K.H/c1-2-6-15(7-3-1)14-21-18-10-11-20-17(13-18)12-16-8-4-5-9-19(16)20;20-12-8-9-14-13-5-1-2-6-15(13)19(16(14)11-12)17-7-3-4-10-18-17;14-11-5-6-13-10(8-11)7-9-3-1-2-4-12(9)13;1-7-6-8(2)10(4)11(5)9(7)3;8-6-7-4-2-1-3-5-7;6-5-3-1-2-4-7-5;2-1-4-3;;;;/h1-11,13H,12,14H2;1-11,20H;1-6,8,14H,7H2;6H,1-5H3;1-5H,6H2;1-4H;1,3H;1H4;;;/q;;;;;;;;2*+1;-1/p-1. The Kier molecular flexibility index (Phi) is 30.9. The minimum absolute atomic E-state index is 0. The van der Waals surface area contributed by atoms with Crippen LogP contribution >= 0.6 is 31.9 Å². The van der Waals surface area contributed by atoms with Crippen molar-refractivity contribution in [2.75, 3.05) is 0 Å². The van der Waals surface area contributed by atoms with Gasteiger partial charge in [0.05, 0.1) is 11.0 Å². The first kappa shape index (κ1) is 72.9. The summed E-state index contributed by atoms with van der Waals surface area (Å²) in [5.74, 6) is 2.42. The summed E-state index contributed by atoms with van der Waals surface area (Å²) >= 11 is 6.56. The van der Waals surface area contributed by atoms with Gasteiger partial charge in [-0.3, -0.25) is 9.36 Å². The summed E-state index contributed by atoms with van der Waals surface area (Å²) in [6, 6.07) is 77.1. The van der Waals surface area contributed by atoms with E-state index in [2.05, 4.69) is 195 Å². The molecule has 0 fully saturated rings. The van der Waals surface area contributed by atoms with Crippen molar-refractivity contribution in [3.05, 3.63) is 309 Å². The average molecular weight is 1350 g/mol. The fourth-order valence-electron chi connectivity index (χ4n) is 10.1. The molecule has 2 N–H and O–H groups in total. The Balaban J connectivity index is 0.000000232. The molecule has 0 unspecified atom stereocenters. The zero-order valence-electron chi connectivity index (χ0n) is 51.1. The van der Waals surface area contributed by atoms with E-state index in [1.807, 2.05) is 103 Å². The molecule has 0 saturated heterocycles. The first-order chi connectivity index (χ1) is 41.4. The average Bonchev–Trinajstić information content (AvgIpc) is 2.54. The van der Waals surface area contributed by atoms with Crippen LogP contribution in [0.25, 0.3) is 49.9 Å². The SMILES string of the molecule is BrCc1ccccc1.Brc1ccccn1.C.Cc1cc(C)c(C)c(C)c1C.O=CO[O-].Oc1ccc2c(c1)Cc1ccccc1-2.Oc1ccc2c3ccccc3n(-c3ccccn3)c2c1.[H-].[K+].[K+].c1ccc(COc2ccc3c(c2)Cc2ccccc2-3)cc1. The molecule has 9 nitrogen and oxygen atoms in total. The van der Waals surface area contributed by atoms with Crippen LogP contribution in [0.3, 0.4) is 0 Å². The Morgan fingerprint density at radius 2 is 0.989 bits per heavy atom. The van der Waals surface area contributed by atoms with E-state index in [0.29, 0.717) is 12.4 Å². The second kappa shape index (κ2) is 37.3. The number of rotatable bonds is 6. The number of halogens is 2. The molecule has 9 aromatic carbocycles. The number of carbonyl (C=O) groups excluding carboxylic acids is 1. The predicted octanol–water partition coefficient (Wildman–Crippen LogP) is 12.5. The molecule has 13 heteroatoms. The zero-order valence-corrected chi connectivity index (χ0v) is 59.5. The second-order valence-corrected chi connectivity index (χ2v) is 21.6. The molecule has 0 radical (unpaired) electrons. The number of phenols is 2. The van der Waals surface area contributed by atoms with E-state index in [9.17, 15) is 10.2 Å². The quantitative estimate of drug-likeness (QED) is 0.0420. The van der Waals surface area contributed by atoms with Crippen LogP contribution in [0.1, 0.15) is 70.1 Å². The van der Waals surface area contributed by atoms with E-state index >= 15 is 0 Å². The number of pyridine rings is 2. The number of aromatic nitrogens is 3. The van der Waals surface area contributed by atoms with Gasteiger partial charge < -0.3 is 26.5 Å². The summed E-state index contributed by atoms with van der Waals surface area (Å²) in [7, 11) is 0. The van der Waals surface area contributed by atoms with Crippen molar-refractivity contribution >= 4 is 60.1 Å². The number of aromatic hydroxyl groups is 2. The molecule has 2 aliphatic rings. The summed E-state index contributed by atoms with van der Waals surface area (Å²) in [6.45, 7) is 11.4. The van der Waals surface area contributed by atoms with Gasteiger partial charge in [0.2, 0.25) is 0 Å². The van der Waals surface area contributed by atoms with E-state index in [-0.39, 0.29) is 124 Å². The fraction of sp³-hybridized carbons (Fsp3) is 0.133. The second-order valence-electron chi connectivity index (χ2n) is 20.2. The Labute approximate surface area is 621 Å². The molecule has 3 aromatic heterocycles. The first-order valence-corrected chi connectivity index (χ1v) is 29.6. The third-order valence-electron chi connectivity index (χ3n) is 14.7. The van der Waals surface area contributed by atoms with Crippen molar-refractivity contribution in [1.82, 2.24) is 14.5 Å². The molecule has 0 aliphatic heterocycles. The minimum atomic E-state index is -0.181. The van der Waals surface area contributed by atoms with Gasteiger partial charge in [-0.15, -0.1) is 0 Å². The number of benzene rings is 9. The fourth-order valence-corrected chi connectivity index (χ4v) is 10.7. The molecule has 0 bridgehead atoms. The topological polar surface area (TPSA) is 130 Å². The van der Waals surface area contributed by atoms with Crippen molar-refractivity contribution in [1.29, 1.82) is 0 Å². The Hall–Kier alpha value is -5.86. The number of phenolic OH excluding ortho intramolecular Hbond substituents is 2. The molecule has 2 aliphatic carbocycles. The van der Waals surface area contributed by atoms with Gasteiger partial charge in [0, 0.05) is 34.6 Å². The van der Waals surface area contributed by atoms with Gasteiger partial charge in [-0.05, 0) is 214 Å². The van der Waals surface area contributed by atoms with Gasteiger partial charge in [0.25, 0.3) is 6.47 Å². The number of carbonyl (C=O) groups is 1. The molecular weight excluding hydrogens is 1280 g/mol. The van der Waals surface area contributed by atoms with Gasteiger partial charge in [-0.1, -0.05) is 181 Å². The van der Waals surface area contributed by atoms with Crippen LogP contribution in [0.5, 0.6) is 17.2 Å². The maximum Gasteiger partial charge on any atom is 1.00 e. The summed E-state index contributed by atoms with van der Waals surface area (Å²) in [5, 5.41) is 30.8. The van der Waals surface area contributed by atoms with Crippen LogP contribution in [0.2, 0.25) is 0 Å². The van der Waals surface area contributed by atoms with Gasteiger partial charge >= 0.3 is 103 Å². The smallest absolute Gasteiger partial charge is 1.00 e. The van der Waals surface area contributed by atoms with Gasteiger partial charge in [-0.2, -0.15) is 0 Å². The first-order valence-electron chi connectivity index (χ1n) is 27.7. The van der Waals surface area contributed by atoms with Crippen LogP contribution in [-0.4, -0.2) is 31.2 Å². The summed E-state index contributed by atoms with van der Waals surface area (Å²) in [5.41, 5.74) is 22.3. The molecule has 88 heavy (non-hydrogen) atoms. The maximum absolute atomic E-state index is 9.79. The van der Waals surface area contributed by atoms with E-state index in [0.717, 1.165) is 56.1 Å². The third kappa shape index (κ3) is 20.1. The largest absolute Gasteiger partial charge is 1.00 e. The van der Waals surface area contributed by atoms with E-state index in [1.54, 1.807) is 30.6 Å². The van der Waals surface area contributed by atoms with Crippen molar-refractivity contribution in [3.8, 4) is 45.3 Å². The monoisotopic (exact) mass is 1350 g/mol. The number of hydrogen-bond acceptors (Lipinski definition) is 8.